The van der Waals surface area contributed by atoms with Crippen molar-refractivity contribution < 1.29 is 0 Å². The SMILES string of the molecule is CN(c1nncs1)C1CCCCC1Cl. The average molecular weight is 232 g/mol. The van der Waals surface area contributed by atoms with E-state index in [0.29, 0.717) is 6.04 Å². The van der Waals surface area contributed by atoms with Crippen molar-refractivity contribution in [3.8, 4) is 0 Å². The van der Waals surface area contributed by atoms with Gasteiger partial charge in [-0.2, -0.15) is 0 Å². The van der Waals surface area contributed by atoms with Gasteiger partial charge in [-0.3, -0.25) is 0 Å². The minimum Gasteiger partial charge on any atom is -0.345 e. The van der Waals surface area contributed by atoms with Crippen LogP contribution in [0.5, 0.6) is 0 Å². The van der Waals surface area contributed by atoms with Crippen LogP contribution in [0, 0.1) is 0 Å². The molecule has 0 amide bonds. The van der Waals surface area contributed by atoms with Gasteiger partial charge in [-0.15, -0.1) is 21.8 Å². The fraction of sp³-hybridized carbons (Fsp3) is 0.778. The quantitative estimate of drug-likeness (QED) is 0.733. The summed E-state index contributed by atoms with van der Waals surface area (Å²) in [4.78, 5) is 2.18. The number of rotatable bonds is 2. The van der Waals surface area contributed by atoms with Crippen molar-refractivity contribution in [3.05, 3.63) is 5.51 Å². The zero-order valence-corrected chi connectivity index (χ0v) is 9.76. The molecule has 2 atom stereocenters. The molecule has 14 heavy (non-hydrogen) atoms. The second-order valence-electron chi connectivity index (χ2n) is 3.70. The molecule has 78 valence electrons. The fourth-order valence-electron chi connectivity index (χ4n) is 1.97. The van der Waals surface area contributed by atoms with Crippen LogP contribution in [0.1, 0.15) is 25.7 Å². The molecule has 1 saturated carbocycles. The van der Waals surface area contributed by atoms with Crippen LogP contribution in [0.3, 0.4) is 0 Å². The van der Waals surface area contributed by atoms with Crippen LogP contribution in [0.4, 0.5) is 5.13 Å². The van der Waals surface area contributed by atoms with Crippen molar-refractivity contribution in [2.45, 2.75) is 37.1 Å². The summed E-state index contributed by atoms with van der Waals surface area (Å²) in [5.74, 6) is 0. The first-order valence-electron chi connectivity index (χ1n) is 4.92. The van der Waals surface area contributed by atoms with E-state index < -0.39 is 0 Å². The van der Waals surface area contributed by atoms with E-state index in [1.165, 1.54) is 19.3 Å². The molecule has 0 spiro atoms. The molecule has 3 nitrogen and oxygen atoms in total. The van der Waals surface area contributed by atoms with E-state index in [4.69, 9.17) is 11.6 Å². The highest BCUT2D eigenvalue weighted by molar-refractivity contribution is 7.13. The van der Waals surface area contributed by atoms with Crippen LogP contribution >= 0.6 is 22.9 Å². The number of hydrogen-bond donors (Lipinski definition) is 0. The number of hydrogen-bond acceptors (Lipinski definition) is 4. The monoisotopic (exact) mass is 231 g/mol. The lowest BCUT2D eigenvalue weighted by Crippen LogP contribution is -2.40. The molecule has 1 fully saturated rings. The van der Waals surface area contributed by atoms with Crippen molar-refractivity contribution in [1.29, 1.82) is 0 Å². The van der Waals surface area contributed by atoms with E-state index in [9.17, 15) is 0 Å². The molecule has 0 saturated heterocycles. The molecule has 0 bridgehead atoms. The highest BCUT2D eigenvalue weighted by Gasteiger charge is 2.27. The topological polar surface area (TPSA) is 29.0 Å². The smallest absolute Gasteiger partial charge is 0.208 e. The highest BCUT2D eigenvalue weighted by Crippen LogP contribution is 2.29. The molecule has 1 aromatic rings. The van der Waals surface area contributed by atoms with Gasteiger partial charge >= 0.3 is 0 Å². The molecule has 0 N–H and O–H groups in total. The summed E-state index contributed by atoms with van der Waals surface area (Å²) >= 11 is 7.88. The van der Waals surface area contributed by atoms with Crippen molar-refractivity contribution in [2.24, 2.45) is 0 Å². The Bertz CT molecular complexity index is 278. The van der Waals surface area contributed by atoms with E-state index in [1.54, 1.807) is 16.8 Å². The van der Waals surface area contributed by atoms with E-state index >= 15 is 0 Å². The number of alkyl halides is 1. The van der Waals surface area contributed by atoms with Gasteiger partial charge in [-0.25, -0.2) is 0 Å². The van der Waals surface area contributed by atoms with Gasteiger partial charge in [0.1, 0.15) is 5.51 Å². The Morgan fingerprint density at radius 1 is 1.50 bits per heavy atom. The number of nitrogens with zero attached hydrogens (tertiary/aromatic N) is 3. The van der Waals surface area contributed by atoms with Crippen molar-refractivity contribution in [3.63, 3.8) is 0 Å². The van der Waals surface area contributed by atoms with Crippen LogP contribution in [-0.2, 0) is 0 Å². The molecular weight excluding hydrogens is 218 g/mol. The van der Waals surface area contributed by atoms with Gasteiger partial charge in [-0.1, -0.05) is 24.2 Å². The predicted molar refractivity (Wildman–Crippen MR) is 60.2 cm³/mol. The summed E-state index contributed by atoms with van der Waals surface area (Å²) < 4.78 is 0. The van der Waals surface area contributed by atoms with Gasteiger partial charge in [0.15, 0.2) is 0 Å². The van der Waals surface area contributed by atoms with Gasteiger partial charge in [0.2, 0.25) is 5.13 Å². The standard InChI is InChI=1S/C9H14ClN3S/c1-13(9-12-11-6-14-9)8-5-3-2-4-7(8)10/h6-8H,2-5H2,1H3. The minimum atomic E-state index is 0.262. The summed E-state index contributed by atoms with van der Waals surface area (Å²) in [6.07, 6.45) is 4.82. The Morgan fingerprint density at radius 2 is 2.29 bits per heavy atom. The van der Waals surface area contributed by atoms with Crippen LogP contribution in [-0.4, -0.2) is 28.7 Å². The molecule has 0 radical (unpaired) electrons. The zero-order valence-electron chi connectivity index (χ0n) is 8.19. The van der Waals surface area contributed by atoms with Crippen LogP contribution in [0.25, 0.3) is 0 Å². The normalized spacial score (nSPS) is 27.6. The first-order chi connectivity index (χ1) is 6.79. The highest BCUT2D eigenvalue weighted by atomic mass is 35.5. The number of aromatic nitrogens is 2. The zero-order chi connectivity index (χ0) is 9.97. The largest absolute Gasteiger partial charge is 0.345 e. The lowest BCUT2D eigenvalue weighted by molar-refractivity contribution is 0.433. The summed E-state index contributed by atoms with van der Waals surface area (Å²) in [5, 5.41) is 9.14. The molecule has 1 heterocycles. The van der Waals surface area contributed by atoms with Crippen molar-refractivity contribution in [2.75, 3.05) is 11.9 Å². The molecule has 0 aliphatic heterocycles. The van der Waals surface area contributed by atoms with E-state index in [-0.39, 0.29) is 5.38 Å². The fourth-order valence-corrected chi connectivity index (χ4v) is 3.00. The van der Waals surface area contributed by atoms with Gasteiger partial charge in [0.05, 0.1) is 5.38 Å². The second kappa shape index (κ2) is 4.45. The summed E-state index contributed by atoms with van der Waals surface area (Å²) in [6, 6.07) is 0.429. The van der Waals surface area contributed by atoms with Crippen LogP contribution in [0.15, 0.2) is 5.51 Å². The lowest BCUT2D eigenvalue weighted by atomic mass is 9.94. The van der Waals surface area contributed by atoms with Gasteiger partial charge < -0.3 is 4.90 Å². The summed E-state index contributed by atoms with van der Waals surface area (Å²) in [6.45, 7) is 0. The maximum absolute atomic E-state index is 6.31. The minimum absolute atomic E-state index is 0.262. The Hall–Kier alpha value is -0.350. The first-order valence-corrected chi connectivity index (χ1v) is 6.23. The van der Waals surface area contributed by atoms with Crippen molar-refractivity contribution in [1.82, 2.24) is 10.2 Å². The van der Waals surface area contributed by atoms with Crippen molar-refractivity contribution >= 4 is 28.1 Å². The summed E-state index contributed by atoms with van der Waals surface area (Å²) in [5.41, 5.74) is 1.76. The second-order valence-corrected chi connectivity index (χ2v) is 5.07. The molecule has 1 aliphatic rings. The lowest BCUT2D eigenvalue weighted by Gasteiger charge is -2.34. The van der Waals surface area contributed by atoms with Crippen LogP contribution in [0.2, 0.25) is 0 Å². The molecule has 0 aromatic carbocycles. The third-order valence-corrected chi connectivity index (χ3v) is 4.08. The molecular formula is C9H14ClN3S. The number of anilines is 1. The van der Waals surface area contributed by atoms with Gasteiger partial charge in [-0.05, 0) is 12.8 Å². The van der Waals surface area contributed by atoms with Gasteiger partial charge in [0, 0.05) is 13.1 Å². The Labute approximate surface area is 93.1 Å². The Kier molecular flexibility index (Phi) is 3.23. The molecule has 2 unspecified atom stereocenters. The van der Waals surface area contributed by atoms with E-state index in [0.717, 1.165) is 11.6 Å². The average Bonchev–Trinajstić information content (AvgIpc) is 2.70. The maximum atomic E-state index is 6.31. The molecule has 1 aliphatic carbocycles. The molecule has 5 heteroatoms. The molecule has 1 aromatic heterocycles. The third kappa shape index (κ3) is 2.01. The van der Waals surface area contributed by atoms with E-state index in [2.05, 4.69) is 22.1 Å². The Balaban J connectivity index is 2.06. The number of halogens is 1. The summed E-state index contributed by atoms with van der Waals surface area (Å²) in [7, 11) is 2.06. The maximum Gasteiger partial charge on any atom is 0.208 e. The first kappa shape index (κ1) is 10.2. The third-order valence-electron chi connectivity index (χ3n) is 2.80. The van der Waals surface area contributed by atoms with Crippen LogP contribution < -0.4 is 4.90 Å². The molecule has 2 rings (SSSR count). The van der Waals surface area contributed by atoms with Gasteiger partial charge in [0.25, 0.3) is 0 Å². The predicted octanol–water partition coefficient (Wildman–Crippen LogP) is 2.52. The van der Waals surface area contributed by atoms with E-state index in [1.807, 2.05) is 0 Å². The Morgan fingerprint density at radius 3 is 2.93 bits per heavy atom.